The molecule has 6 nitrogen and oxygen atoms in total. The van der Waals surface area contributed by atoms with Gasteiger partial charge in [0.15, 0.2) is 0 Å². The highest BCUT2D eigenvalue weighted by Gasteiger charge is 2.27. The summed E-state index contributed by atoms with van der Waals surface area (Å²) in [5.41, 5.74) is 5.30. The smallest absolute Gasteiger partial charge is 0.138 e. The summed E-state index contributed by atoms with van der Waals surface area (Å²) in [5, 5.41) is 52.1. The van der Waals surface area contributed by atoms with Gasteiger partial charge in [0.25, 0.3) is 0 Å². The van der Waals surface area contributed by atoms with Crippen molar-refractivity contribution >= 4 is 99.1 Å². The van der Waals surface area contributed by atoms with Crippen LogP contribution in [0, 0.1) is 45.3 Å². The van der Waals surface area contributed by atoms with Crippen LogP contribution >= 0.6 is 0 Å². The Labute approximate surface area is 333 Å². The quantitative estimate of drug-likeness (QED) is 0.124. The Morgan fingerprint density at radius 2 is 0.603 bits per heavy atom. The van der Waals surface area contributed by atoms with Crippen molar-refractivity contribution in [3.8, 4) is 24.3 Å². The fourth-order valence-corrected chi connectivity index (χ4v) is 8.88. The highest BCUT2D eigenvalue weighted by molar-refractivity contribution is 6.40. The first-order valence-electron chi connectivity index (χ1n) is 18.8. The minimum absolute atomic E-state index is 0.00541. The van der Waals surface area contributed by atoms with Crippen molar-refractivity contribution in [3.05, 3.63) is 180 Å². The largest absolute Gasteiger partial charge is 0.310 e. The van der Waals surface area contributed by atoms with E-state index >= 15 is 0 Å². The Balaban J connectivity index is 1.52. The maximum Gasteiger partial charge on any atom is 0.138 e. The van der Waals surface area contributed by atoms with Crippen molar-refractivity contribution in [2.75, 3.05) is 9.80 Å². The van der Waals surface area contributed by atoms with Crippen molar-refractivity contribution in [2.45, 2.75) is 0 Å². The molecule has 0 heterocycles. The lowest BCUT2D eigenvalue weighted by molar-refractivity contribution is 1.30. The van der Waals surface area contributed by atoms with E-state index in [1.165, 1.54) is 0 Å². The molecule has 0 atom stereocenters. The molecule has 10 aromatic rings. The molecule has 0 saturated heterocycles. The number of hydrogen-bond acceptors (Lipinski definition) is 6. The average molecular weight is 737 g/mol. The van der Waals surface area contributed by atoms with Crippen molar-refractivity contribution < 1.29 is 0 Å². The maximum atomic E-state index is 10.7. The number of para-hydroxylation sites is 4. The van der Waals surface area contributed by atoms with Gasteiger partial charge in [-0.1, -0.05) is 109 Å². The summed E-state index contributed by atoms with van der Waals surface area (Å²) in [6.45, 7) is 0. The third kappa shape index (κ3) is 4.94. The standard InChI is InChI=1S/C52H28N6/c53-29-33(30-54)47-42-26-14-24-40-46(58(37-19-9-3-10-20-37)38-21-11-4-12-22-38)28-44-48(34(31-55)32-56)41-25-13-23-39-45(27-43(47)51(49(39)41)52(44)50(40)42)57(35-15-5-1-6-16-35)36-17-7-2-8-18-36/h1-28H. The molecule has 0 spiro atoms. The summed E-state index contributed by atoms with van der Waals surface area (Å²) < 4.78 is 0. The number of rotatable bonds is 6. The number of benzene rings is 10. The second-order valence-corrected chi connectivity index (χ2v) is 14.1. The monoisotopic (exact) mass is 736 g/mol. The lowest BCUT2D eigenvalue weighted by Crippen LogP contribution is -2.18. The van der Waals surface area contributed by atoms with E-state index in [-0.39, 0.29) is 11.1 Å². The van der Waals surface area contributed by atoms with Gasteiger partial charge in [-0.3, -0.25) is 0 Å². The minimum atomic E-state index is -0.00541. The van der Waals surface area contributed by atoms with Crippen LogP contribution < -0.4 is 20.2 Å². The van der Waals surface area contributed by atoms with E-state index in [4.69, 9.17) is 0 Å². The highest BCUT2D eigenvalue weighted by atomic mass is 15.1. The molecule has 0 bridgehead atoms. The Bertz CT molecular complexity index is 3190. The topological polar surface area (TPSA) is 102 Å². The molecule has 58 heavy (non-hydrogen) atoms. The number of hydrogen-bond donors (Lipinski definition) is 0. The molecule has 0 radical (unpaired) electrons. The summed E-state index contributed by atoms with van der Waals surface area (Å²) in [7, 11) is 0. The minimum Gasteiger partial charge on any atom is -0.310 e. The second-order valence-electron chi connectivity index (χ2n) is 14.1. The van der Waals surface area contributed by atoms with Gasteiger partial charge in [0.05, 0.1) is 11.4 Å². The predicted octanol–water partition coefficient (Wildman–Crippen LogP) is 11.7. The lowest BCUT2D eigenvalue weighted by Gasteiger charge is -2.30. The van der Waals surface area contributed by atoms with Gasteiger partial charge in [-0.25, -0.2) is 0 Å². The van der Waals surface area contributed by atoms with Crippen LogP contribution in [0.25, 0.3) is 65.0 Å². The van der Waals surface area contributed by atoms with Gasteiger partial charge in [0.1, 0.15) is 35.4 Å². The van der Waals surface area contributed by atoms with Gasteiger partial charge in [-0.15, -0.1) is 0 Å². The SMILES string of the molecule is N#CC(C#N)=c1c2cccc3c(N(c4ccccc4)c4ccccc4)cc4c(=C(C#N)C#N)c5cccc6c(N(c7ccccc7)c7ccccc7)cc1c(c65)c4c32. The Hall–Kier alpha value is -8.68. The first kappa shape index (κ1) is 33.9. The lowest BCUT2D eigenvalue weighted by atomic mass is 9.82. The molecule has 6 heteroatoms. The van der Waals surface area contributed by atoms with E-state index in [2.05, 4.69) is 107 Å². The Morgan fingerprint density at radius 1 is 0.310 bits per heavy atom. The molecule has 0 unspecified atom stereocenters. The fourth-order valence-electron chi connectivity index (χ4n) is 8.88. The average Bonchev–Trinajstić information content (AvgIpc) is 3.29. The summed E-state index contributed by atoms with van der Waals surface area (Å²) >= 11 is 0. The molecular weight excluding hydrogens is 709 g/mol. The molecule has 0 fully saturated rings. The van der Waals surface area contributed by atoms with E-state index in [0.717, 1.165) is 88.0 Å². The molecule has 0 aromatic heterocycles. The first-order valence-corrected chi connectivity index (χ1v) is 18.8. The molecule has 10 aromatic carbocycles. The predicted molar refractivity (Wildman–Crippen MR) is 234 cm³/mol. The molecule has 0 amide bonds. The number of anilines is 6. The van der Waals surface area contributed by atoms with Crippen LogP contribution in [-0.4, -0.2) is 0 Å². The third-order valence-corrected chi connectivity index (χ3v) is 11.1. The van der Waals surface area contributed by atoms with Gasteiger partial charge < -0.3 is 9.80 Å². The Morgan fingerprint density at radius 3 is 0.897 bits per heavy atom. The van der Waals surface area contributed by atoms with Gasteiger partial charge in [0, 0.05) is 54.7 Å². The third-order valence-electron chi connectivity index (χ3n) is 11.1. The molecule has 0 saturated carbocycles. The summed E-state index contributed by atoms with van der Waals surface area (Å²) in [5.74, 6) is 0. The molecule has 0 aliphatic carbocycles. The molecule has 266 valence electrons. The van der Waals surface area contributed by atoms with Crippen molar-refractivity contribution in [3.63, 3.8) is 0 Å². The fraction of sp³-hybridized carbons (Fsp3) is 0. The summed E-state index contributed by atoms with van der Waals surface area (Å²) in [4.78, 5) is 4.36. The van der Waals surface area contributed by atoms with Crippen molar-refractivity contribution in [1.82, 2.24) is 0 Å². The van der Waals surface area contributed by atoms with E-state index in [1.807, 2.05) is 97.1 Å². The Kier molecular flexibility index (Phi) is 7.92. The van der Waals surface area contributed by atoms with Crippen LogP contribution in [-0.2, 0) is 0 Å². The van der Waals surface area contributed by atoms with E-state index in [0.29, 0.717) is 10.4 Å². The zero-order valence-electron chi connectivity index (χ0n) is 30.8. The summed E-state index contributed by atoms with van der Waals surface area (Å²) in [6, 6.07) is 65.6. The number of nitriles is 4. The van der Waals surface area contributed by atoms with Gasteiger partial charge in [-0.2, -0.15) is 21.0 Å². The van der Waals surface area contributed by atoms with Crippen LogP contribution in [0.3, 0.4) is 0 Å². The van der Waals surface area contributed by atoms with Crippen LogP contribution in [0.1, 0.15) is 0 Å². The normalized spacial score (nSPS) is 11.0. The van der Waals surface area contributed by atoms with Crippen LogP contribution in [0.4, 0.5) is 34.1 Å². The molecule has 10 rings (SSSR count). The highest BCUT2D eigenvalue weighted by Crippen LogP contribution is 2.49. The van der Waals surface area contributed by atoms with Gasteiger partial charge in [0.2, 0.25) is 0 Å². The zero-order chi connectivity index (χ0) is 39.3. The zero-order valence-corrected chi connectivity index (χ0v) is 30.8. The molecule has 0 aliphatic rings. The van der Waals surface area contributed by atoms with E-state index in [9.17, 15) is 21.0 Å². The molecule has 0 N–H and O–H groups in total. The van der Waals surface area contributed by atoms with Gasteiger partial charge in [-0.05, 0) is 93.0 Å². The summed E-state index contributed by atoms with van der Waals surface area (Å²) in [6.07, 6.45) is 0. The van der Waals surface area contributed by atoms with E-state index < -0.39 is 0 Å². The number of nitrogens with zero attached hydrogens (tertiary/aromatic N) is 6. The van der Waals surface area contributed by atoms with Crippen LogP contribution in [0.15, 0.2) is 170 Å². The maximum absolute atomic E-state index is 10.7. The molecular formula is C52H28N6. The van der Waals surface area contributed by atoms with Crippen LogP contribution in [0.5, 0.6) is 0 Å². The van der Waals surface area contributed by atoms with Crippen molar-refractivity contribution in [2.24, 2.45) is 0 Å². The van der Waals surface area contributed by atoms with Crippen LogP contribution in [0.2, 0.25) is 0 Å². The van der Waals surface area contributed by atoms with E-state index in [1.54, 1.807) is 0 Å². The second kappa shape index (κ2) is 13.6. The van der Waals surface area contributed by atoms with Crippen molar-refractivity contribution in [1.29, 1.82) is 21.0 Å². The van der Waals surface area contributed by atoms with Gasteiger partial charge >= 0.3 is 0 Å². The first-order chi connectivity index (χ1) is 28.7. The molecule has 0 aliphatic heterocycles.